The molecule has 0 aromatic heterocycles. The molecule has 2 aromatic carbocycles. The smallest absolute Gasteiger partial charge is 0.0998 e. The lowest BCUT2D eigenvalue weighted by atomic mass is 10.0. The van der Waals surface area contributed by atoms with E-state index in [9.17, 15) is 5.26 Å². The highest BCUT2D eigenvalue weighted by molar-refractivity contribution is 5.97. The van der Waals surface area contributed by atoms with Crippen LogP contribution in [-0.4, -0.2) is 13.1 Å². The molecule has 2 nitrogen and oxygen atoms in total. The van der Waals surface area contributed by atoms with E-state index in [2.05, 4.69) is 43.0 Å². The summed E-state index contributed by atoms with van der Waals surface area (Å²) in [6.07, 6.45) is 0. The molecular formula is C17H18N2. The van der Waals surface area contributed by atoms with Gasteiger partial charge < -0.3 is 4.90 Å². The Balaban J connectivity index is 2.13. The second kappa shape index (κ2) is 4.59. The summed E-state index contributed by atoms with van der Waals surface area (Å²) in [7, 11) is 0. The van der Waals surface area contributed by atoms with Crippen molar-refractivity contribution in [1.82, 2.24) is 0 Å². The number of fused-ring (bicyclic) bond motifs is 1. The van der Waals surface area contributed by atoms with Crippen LogP contribution < -0.4 is 4.90 Å². The largest absolute Gasteiger partial charge is 0.370 e. The van der Waals surface area contributed by atoms with Crippen molar-refractivity contribution in [2.45, 2.75) is 13.8 Å². The molecule has 1 saturated heterocycles. The molecule has 0 amide bonds. The highest BCUT2D eigenvalue weighted by Crippen LogP contribution is 2.34. The maximum absolute atomic E-state index is 9.21. The Bertz CT molecular complexity index is 644. The van der Waals surface area contributed by atoms with Gasteiger partial charge in [-0.25, -0.2) is 0 Å². The van der Waals surface area contributed by atoms with Crippen molar-refractivity contribution >= 4 is 16.5 Å². The van der Waals surface area contributed by atoms with Crippen LogP contribution in [0.25, 0.3) is 10.8 Å². The third-order valence-electron chi connectivity index (χ3n) is 4.35. The normalized spacial score (nSPS) is 22.7. The zero-order chi connectivity index (χ0) is 13.4. The van der Waals surface area contributed by atoms with Crippen molar-refractivity contribution in [1.29, 1.82) is 5.26 Å². The van der Waals surface area contributed by atoms with E-state index in [1.807, 2.05) is 18.2 Å². The molecule has 1 heterocycles. The van der Waals surface area contributed by atoms with Crippen molar-refractivity contribution in [2.75, 3.05) is 18.0 Å². The molecule has 0 radical (unpaired) electrons. The van der Waals surface area contributed by atoms with Gasteiger partial charge in [0, 0.05) is 29.5 Å². The van der Waals surface area contributed by atoms with Crippen LogP contribution in [0.15, 0.2) is 36.4 Å². The number of nitriles is 1. The fourth-order valence-electron chi connectivity index (χ4n) is 2.98. The summed E-state index contributed by atoms with van der Waals surface area (Å²) < 4.78 is 0. The number of benzene rings is 2. The van der Waals surface area contributed by atoms with Gasteiger partial charge >= 0.3 is 0 Å². The summed E-state index contributed by atoms with van der Waals surface area (Å²) in [5, 5.41) is 11.5. The fourth-order valence-corrected chi connectivity index (χ4v) is 2.98. The summed E-state index contributed by atoms with van der Waals surface area (Å²) in [5.41, 5.74) is 2.03. The van der Waals surface area contributed by atoms with Gasteiger partial charge in [0.2, 0.25) is 0 Å². The van der Waals surface area contributed by atoms with Crippen LogP contribution >= 0.6 is 0 Å². The first kappa shape index (κ1) is 12.0. The van der Waals surface area contributed by atoms with Gasteiger partial charge in [0.05, 0.1) is 11.6 Å². The number of nitrogens with zero attached hydrogens (tertiary/aromatic N) is 2. The van der Waals surface area contributed by atoms with Crippen molar-refractivity contribution in [3.05, 3.63) is 42.0 Å². The zero-order valence-corrected chi connectivity index (χ0v) is 11.4. The Hall–Kier alpha value is -2.01. The van der Waals surface area contributed by atoms with E-state index in [0.717, 1.165) is 35.9 Å². The molecule has 2 unspecified atom stereocenters. The Morgan fingerprint density at radius 3 is 2.26 bits per heavy atom. The Kier molecular flexibility index (Phi) is 2.91. The monoisotopic (exact) mass is 250 g/mol. The molecule has 96 valence electrons. The van der Waals surface area contributed by atoms with Gasteiger partial charge in [-0.3, -0.25) is 0 Å². The Labute approximate surface area is 114 Å². The number of rotatable bonds is 1. The molecule has 19 heavy (non-hydrogen) atoms. The maximum Gasteiger partial charge on any atom is 0.0998 e. The molecule has 2 atom stereocenters. The second-order valence-corrected chi connectivity index (χ2v) is 5.65. The SMILES string of the molecule is CC1CN(c2ccc(C#N)c3ccccc23)CC1C. The van der Waals surface area contributed by atoms with E-state index in [1.165, 1.54) is 11.1 Å². The van der Waals surface area contributed by atoms with E-state index in [-0.39, 0.29) is 0 Å². The predicted octanol–water partition coefficient (Wildman–Crippen LogP) is 3.80. The minimum Gasteiger partial charge on any atom is -0.370 e. The van der Waals surface area contributed by atoms with Gasteiger partial charge in [0.25, 0.3) is 0 Å². The molecule has 0 N–H and O–H groups in total. The molecule has 3 rings (SSSR count). The van der Waals surface area contributed by atoms with Crippen LogP contribution in [0.1, 0.15) is 19.4 Å². The molecule has 1 aliphatic rings. The number of anilines is 1. The van der Waals surface area contributed by atoms with Gasteiger partial charge in [0.15, 0.2) is 0 Å². The van der Waals surface area contributed by atoms with Crippen LogP contribution in [0.3, 0.4) is 0 Å². The number of hydrogen-bond acceptors (Lipinski definition) is 2. The van der Waals surface area contributed by atoms with Gasteiger partial charge in [-0.2, -0.15) is 5.26 Å². The molecule has 0 saturated carbocycles. The van der Waals surface area contributed by atoms with E-state index in [0.29, 0.717) is 0 Å². The summed E-state index contributed by atoms with van der Waals surface area (Å²) in [4.78, 5) is 2.46. The molecule has 0 spiro atoms. The van der Waals surface area contributed by atoms with Crippen LogP contribution in [-0.2, 0) is 0 Å². The zero-order valence-electron chi connectivity index (χ0n) is 11.4. The summed E-state index contributed by atoms with van der Waals surface area (Å²) in [6, 6.07) is 14.6. The molecular weight excluding hydrogens is 232 g/mol. The molecule has 2 heteroatoms. The first-order valence-electron chi connectivity index (χ1n) is 6.87. The third kappa shape index (κ3) is 1.96. The van der Waals surface area contributed by atoms with Gasteiger partial charge in [0.1, 0.15) is 0 Å². The fraction of sp³-hybridized carbons (Fsp3) is 0.353. The van der Waals surface area contributed by atoms with E-state index < -0.39 is 0 Å². The lowest BCUT2D eigenvalue weighted by molar-refractivity contribution is 0.494. The van der Waals surface area contributed by atoms with Crippen LogP contribution in [0, 0.1) is 23.2 Å². The molecule has 1 fully saturated rings. The first-order chi connectivity index (χ1) is 9.20. The van der Waals surface area contributed by atoms with Gasteiger partial charge in [-0.05, 0) is 24.0 Å². The van der Waals surface area contributed by atoms with Gasteiger partial charge in [-0.1, -0.05) is 38.1 Å². The minimum atomic E-state index is 0.731. The Morgan fingerprint density at radius 1 is 1.00 bits per heavy atom. The number of hydrogen-bond donors (Lipinski definition) is 0. The highest BCUT2D eigenvalue weighted by Gasteiger charge is 2.27. The predicted molar refractivity (Wildman–Crippen MR) is 79.2 cm³/mol. The first-order valence-corrected chi connectivity index (χ1v) is 6.87. The Morgan fingerprint density at radius 2 is 1.63 bits per heavy atom. The average molecular weight is 250 g/mol. The van der Waals surface area contributed by atoms with Crippen molar-refractivity contribution in [3.63, 3.8) is 0 Å². The summed E-state index contributed by atoms with van der Waals surface area (Å²) in [5.74, 6) is 1.46. The minimum absolute atomic E-state index is 0.731. The van der Waals surface area contributed by atoms with Crippen molar-refractivity contribution in [2.24, 2.45) is 11.8 Å². The third-order valence-corrected chi connectivity index (χ3v) is 4.35. The summed E-state index contributed by atoms with van der Waals surface area (Å²) >= 11 is 0. The van der Waals surface area contributed by atoms with Crippen molar-refractivity contribution in [3.8, 4) is 6.07 Å². The van der Waals surface area contributed by atoms with Crippen LogP contribution in [0.2, 0.25) is 0 Å². The van der Waals surface area contributed by atoms with E-state index in [1.54, 1.807) is 0 Å². The molecule has 2 aromatic rings. The molecule has 1 aliphatic heterocycles. The quantitative estimate of drug-likeness (QED) is 0.769. The van der Waals surface area contributed by atoms with Crippen LogP contribution in [0.5, 0.6) is 0 Å². The molecule has 0 bridgehead atoms. The second-order valence-electron chi connectivity index (χ2n) is 5.65. The van der Waals surface area contributed by atoms with E-state index >= 15 is 0 Å². The van der Waals surface area contributed by atoms with Crippen molar-refractivity contribution < 1.29 is 0 Å². The van der Waals surface area contributed by atoms with Crippen LogP contribution in [0.4, 0.5) is 5.69 Å². The standard InChI is InChI=1S/C17H18N2/c1-12-10-19(11-13(12)2)17-8-7-14(9-18)15-5-3-4-6-16(15)17/h3-8,12-13H,10-11H2,1-2H3. The van der Waals surface area contributed by atoms with Gasteiger partial charge in [-0.15, -0.1) is 0 Å². The molecule has 0 aliphatic carbocycles. The highest BCUT2D eigenvalue weighted by atomic mass is 15.2. The summed E-state index contributed by atoms with van der Waals surface area (Å²) in [6.45, 7) is 6.85. The lowest BCUT2D eigenvalue weighted by Crippen LogP contribution is -2.19. The maximum atomic E-state index is 9.21. The van der Waals surface area contributed by atoms with E-state index in [4.69, 9.17) is 0 Å². The topological polar surface area (TPSA) is 27.0 Å². The average Bonchev–Trinajstić information content (AvgIpc) is 2.77. The lowest BCUT2D eigenvalue weighted by Gasteiger charge is -2.21.